The molecule has 0 aromatic heterocycles. The van der Waals surface area contributed by atoms with Gasteiger partial charge in [0, 0.05) is 24.8 Å². The molecule has 0 radical (unpaired) electrons. The van der Waals surface area contributed by atoms with Crippen LogP contribution in [0.5, 0.6) is 11.5 Å². The third-order valence-corrected chi connectivity index (χ3v) is 4.22. The number of hydrogen-bond acceptors (Lipinski definition) is 3. The summed E-state index contributed by atoms with van der Waals surface area (Å²) in [6, 6.07) is 23.0. The Balaban J connectivity index is 1.71. The average Bonchev–Trinajstić information content (AvgIpc) is 2.69. The summed E-state index contributed by atoms with van der Waals surface area (Å²) in [5, 5.41) is 2.97. The number of carbonyl (C=O) groups excluding carboxylic acids is 1. The van der Waals surface area contributed by atoms with Gasteiger partial charge in [0.2, 0.25) is 0 Å². The summed E-state index contributed by atoms with van der Waals surface area (Å²) in [5.74, 6) is 1.37. The molecule has 0 heterocycles. The van der Waals surface area contributed by atoms with Gasteiger partial charge < -0.3 is 14.8 Å². The average molecular weight is 361 g/mol. The predicted molar refractivity (Wildman–Crippen MR) is 106 cm³/mol. The summed E-state index contributed by atoms with van der Waals surface area (Å²) in [5.41, 5.74) is 3.58. The van der Waals surface area contributed by atoms with Crippen LogP contribution in [0.4, 0.5) is 0 Å². The minimum absolute atomic E-state index is 0.132. The quantitative estimate of drug-likeness (QED) is 0.653. The Kier molecular flexibility index (Phi) is 6.23. The zero-order chi connectivity index (χ0) is 19.1. The second-order valence-electron chi connectivity index (χ2n) is 6.30. The highest BCUT2D eigenvalue weighted by Gasteiger charge is 2.12. The van der Waals surface area contributed by atoms with Gasteiger partial charge in [-0.2, -0.15) is 0 Å². The van der Waals surface area contributed by atoms with Gasteiger partial charge in [-0.05, 0) is 36.8 Å². The number of benzene rings is 3. The van der Waals surface area contributed by atoms with Crippen LogP contribution >= 0.6 is 0 Å². The fourth-order valence-electron chi connectivity index (χ4n) is 2.78. The molecule has 27 heavy (non-hydrogen) atoms. The maximum absolute atomic E-state index is 12.6. The minimum atomic E-state index is -0.132. The molecule has 0 aliphatic heterocycles. The first-order valence-electron chi connectivity index (χ1n) is 8.85. The molecule has 0 unspecified atom stereocenters. The Labute approximate surface area is 159 Å². The van der Waals surface area contributed by atoms with Crippen molar-refractivity contribution >= 4 is 5.91 Å². The third-order valence-electron chi connectivity index (χ3n) is 4.22. The molecular formula is C23H23NO3. The molecular weight excluding hydrogens is 338 g/mol. The van der Waals surface area contributed by atoms with Crippen LogP contribution in [-0.4, -0.2) is 13.0 Å². The number of rotatable bonds is 7. The number of para-hydroxylation sites is 1. The molecule has 0 bridgehead atoms. The second-order valence-corrected chi connectivity index (χ2v) is 6.30. The number of nitrogens with one attached hydrogen (secondary N) is 1. The highest BCUT2D eigenvalue weighted by Crippen LogP contribution is 2.25. The Hall–Kier alpha value is -3.11. The molecule has 3 aromatic carbocycles. The third kappa shape index (κ3) is 4.96. The van der Waals surface area contributed by atoms with Crippen LogP contribution in [0.3, 0.4) is 0 Å². The summed E-state index contributed by atoms with van der Waals surface area (Å²) in [6.45, 7) is 2.81. The monoisotopic (exact) mass is 361 g/mol. The van der Waals surface area contributed by atoms with Crippen molar-refractivity contribution in [2.24, 2.45) is 0 Å². The van der Waals surface area contributed by atoms with E-state index < -0.39 is 0 Å². The standard InChI is InChI=1S/C23H23NO3/c1-17-11-13-20(14-12-17)27-22-10-6-4-7-18(22)15-24-23(25)21-9-5-3-8-19(21)16-26-2/h3-14H,15-16H2,1-2H3,(H,24,25). The Morgan fingerprint density at radius 3 is 2.30 bits per heavy atom. The van der Waals surface area contributed by atoms with Crippen LogP contribution in [0.25, 0.3) is 0 Å². The molecule has 0 spiro atoms. The summed E-state index contributed by atoms with van der Waals surface area (Å²) in [6.07, 6.45) is 0. The molecule has 0 aliphatic carbocycles. The number of carbonyl (C=O) groups is 1. The molecule has 138 valence electrons. The number of hydrogen-bond donors (Lipinski definition) is 1. The fourth-order valence-corrected chi connectivity index (χ4v) is 2.78. The van der Waals surface area contributed by atoms with Crippen molar-refractivity contribution in [3.63, 3.8) is 0 Å². The minimum Gasteiger partial charge on any atom is -0.457 e. The summed E-state index contributed by atoms with van der Waals surface area (Å²) >= 11 is 0. The van der Waals surface area contributed by atoms with E-state index in [4.69, 9.17) is 9.47 Å². The first kappa shape index (κ1) is 18.7. The van der Waals surface area contributed by atoms with Crippen LogP contribution in [0.2, 0.25) is 0 Å². The van der Waals surface area contributed by atoms with Crippen molar-refractivity contribution in [1.82, 2.24) is 5.32 Å². The number of ether oxygens (including phenoxy) is 2. The molecule has 0 atom stereocenters. The zero-order valence-electron chi connectivity index (χ0n) is 15.6. The second kappa shape index (κ2) is 9.01. The highest BCUT2D eigenvalue weighted by molar-refractivity contribution is 5.95. The number of aryl methyl sites for hydroxylation is 1. The van der Waals surface area contributed by atoms with Crippen molar-refractivity contribution in [3.8, 4) is 11.5 Å². The van der Waals surface area contributed by atoms with Gasteiger partial charge in [0.15, 0.2) is 0 Å². The van der Waals surface area contributed by atoms with Gasteiger partial charge in [-0.1, -0.05) is 54.1 Å². The lowest BCUT2D eigenvalue weighted by Gasteiger charge is -2.13. The van der Waals surface area contributed by atoms with Crippen LogP contribution in [0.1, 0.15) is 27.0 Å². The maximum Gasteiger partial charge on any atom is 0.251 e. The van der Waals surface area contributed by atoms with Crippen molar-refractivity contribution in [2.45, 2.75) is 20.1 Å². The van der Waals surface area contributed by atoms with Crippen LogP contribution < -0.4 is 10.1 Å². The van der Waals surface area contributed by atoms with Crippen LogP contribution in [0.15, 0.2) is 72.8 Å². The van der Waals surface area contributed by atoms with Gasteiger partial charge in [0.1, 0.15) is 11.5 Å². The predicted octanol–water partition coefficient (Wildman–Crippen LogP) is 4.86. The first-order valence-corrected chi connectivity index (χ1v) is 8.85. The zero-order valence-corrected chi connectivity index (χ0v) is 15.6. The van der Waals surface area contributed by atoms with Crippen molar-refractivity contribution in [2.75, 3.05) is 7.11 Å². The summed E-state index contributed by atoms with van der Waals surface area (Å²) in [4.78, 5) is 12.6. The fraction of sp³-hybridized carbons (Fsp3) is 0.174. The Morgan fingerprint density at radius 1 is 0.889 bits per heavy atom. The van der Waals surface area contributed by atoms with E-state index in [-0.39, 0.29) is 5.91 Å². The molecule has 0 saturated heterocycles. The highest BCUT2D eigenvalue weighted by atomic mass is 16.5. The van der Waals surface area contributed by atoms with Gasteiger partial charge in [-0.15, -0.1) is 0 Å². The first-order chi connectivity index (χ1) is 13.2. The van der Waals surface area contributed by atoms with Crippen molar-refractivity contribution in [3.05, 3.63) is 95.1 Å². The maximum atomic E-state index is 12.6. The molecule has 4 heteroatoms. The lowest BCUT2D eigenvalue weighted by atomic mass is 10.1. The van der Waals surface area contributed by atoms with Gasteiger partial charge in [-0.3, -0.25) is 4.79 Å². The lowest BCUT2D eigenvalue weighted by molar-refractivity contribution is 0.0946. The van der Waals surface area contributed by atoms with E-state index in [1.165, 1.54) is 5.56 Å². The van der Waals surface area contributed by atoms with Crippen molar-refractivity contribution in [1.29, 1.82) is 0 Å². The van der Waals surface area contributed by atoms with E-state index in [2.05, 4.69) is 5.32 Å². The molecule has 1 amide bonds. The van der Waals surface area contributed by atoms with E-state index in [1.54, 1.807) is 13.2 Å². The SMILES string of the molecule is COCc1ccccc1C(=O)NCc1ccccc1Oc1ccc(C)cc1. The molecule has 1 N–H and O–H groups in total. The summed E-state index contributed by atoms with van der Waals surface area (Å²) in [7, 11) is 1.62. The van der Waals surface area contributed by atoms with Crippen molar-refractivity contribution < 1.29 is 14.3 Å². The van der Waals surface area contributed by atoms with E-state index in [0.717, 1.165) is 22.6 Å². The molecule has 0 aliphatic rings. The number of amides is 1. The molecule has 3 aromatic rings. The normalized spacial score (nSPS) is 10.4. The molecule has 3 rings (SSSR count). The van der Waals surface area contributed by atoms with E-state index in [0.29, 0.717) is 18.7 Å². The number of methoxy groups -OCH3 is 1. The summed E-state index contributed by atoms with van der Waals surface area (Å²) < 4.78 is 11.2. The molecule has 0 fully saturated rings. The van der Waals surface area contributed by atoms with E-state index in [1.807, 2.05) is 73.7 Å². The van der Waals surface area contributed by atoms with Crippen LogP contribution in [0, 0.1) is 6.92 Å². The lowest BCUT2D eigenvalue weighted by Crippen LogP contribution is -2.24. The van der Waals surface area contributed by atoms with Crippen LogP contribution in [-0.2, 0) is 17.9 Å². The molecule has 0 saturated carbocycles. The largest absolute Gasteiger partial charge is 0.457 e. The Morgan fingerprint density at radius 2 is 1.56 bits per heavy atom. The van der Waals surface area contributed by atoms with Gasteiger partial charge >= 0.3 is 0 Å². The van der Waals surface area contributed by atoms with E-state index >= 15 is 0 Å². The van der Waals surface area contributed by atoms with Gasteiger partial charge in [-0.25, -0.2) is 0 Å². The molecule has 4 nitrogen and oxygen atoms in total. The smallest absolute Gasteiger partial charge is 0.251 e. The van der Waals surface area contributed by atoms with Gasteiger partial charge in [0.25, 0.3) is 5.91 Å². The van der Waals surface area contributed by atoms with Gasteiger partial charge in [0.05, 0.1) is 6.61 Å². The Bertz CT molecular complexity index is 904. The van der Waals surface area contributed by atoms with E-state index in [9.17, 15) is 4.79 Å². The topological polar surface area (TPSA) is 47.6 Å².